The number of hydrogen-bond donors (Lipinski definition) is 1. The summed E-state index contributed by atoms with van der Waals surface area (Å²) >= 11 is 3.94. The van der Waals surface area contributed by atoms with E-state index in [0.717, 1.165) is 6.54 Å². The molecule has 1 saturated heterocycles. The van der Waals surface area contributed by atoms with Gasteiger partial charge in [-0.15, -0.1) is 11.3 Å². The first-order valence-corrected chi connectivity index (χ1v) is 8.32. The minimum atomic E-state index is 0.489. The van der Waals surface area contributed by atoms with Crippen molar-refractivity contribution in [2.75, 3.05) is 31.6 Å². The second-order valence-corrected chi connectivity index (χ2v) is 6.91. The molecule has 2 heterocycles. The second-order valence-electron chi connectivity index (χ2n) is 4.65. The van der Waals surface area contributed by atoms with Gasteiger partial charge in [-0.05, 0) is 37.5 Å². The maximum absolute atomic E-state index is 3.66. The first-order chi connectivity index (χ1) is 8.22. The van der Waals surface area contributed by atoms with Gasteiger partial charge in [0.05, 0.1) is 0 Å². The Morgan fingerprint density at radius 1 is 1.59 bits per heavy atom. The van der Waals surface area contributed by atoms with Crippen molar-refractivity contribution >= 4 is 23.1 Å². The Bertz CT molecular complexity index is 351. The number of thiophene rings is 1. The number of likely N-dealkylation sites (N-methyl/N-ethyl adjacent to an activating group) is 2. The molecule has 0 aromatic carbocycles. The Labute approximate surface area is 113 Å². The van der Waals surface area contributed by atoms with Crippen molar-refractivity contribution in [3.63, 3.8) is 0 Å². The van der Waals surface area contributed by atoms with Gasteiger partial charge in [-0.3, -0.25) is 4.90 Å². The van der Waals surface area contributed by atoms with E-state index < -0.39 is 0 Å². The van der Waals surface area contributed by atoms with Crippen molar-refractivity contribution < 1.29 is 0 Å². The molecule has 17 heavy (non-hydrogen) atoms. The van der Waals surface area contributed by atoms with Gasteiger partial charge in [-0.2, -0.15) is 11.8 Å². The van der Waals surface area contributed by atoms with Crippen LogP contribution in [0.2, 0.25) is 0 Å². The minimum Gasteiger partial charge on any atom is -0.309 e. The zero-order chi connectivity index (χ0) is 12.3. The lowest BCUT2D eigenvalue weighted by Gasteiger charge is -2.38. The van der Waals surface area contributed by atoms with Gasteiger partial charge in [0.15, 0.2) is 0 Å². The molecule has 1 aliphatic heterocycles. The van der Waals surface area contributed by atoms with Crippen molar-refractivity contribution in [1.29, 1.82) is 0 Å². The average Bonchev–Trinajstić information content (AvgIpc) is 2.74. The third-order valence-electron chi connectivity index (χ3n) is 3.36. The molecule has 1 aromatic heterocycles. The Kier molecular flexibility index (Phi) is 4.91. The summed E-state index contributed by atoms with van der Waals surface area (Å²) < 4.78 is 0. The largest absolute Gasteiger partial charge is 0.309 e. The maximum atomic E-state index is 3.66. The van der Waals surface area contributed by atoms with E-state index >= 15 is 0 Å². The fraction of sp³-hybridized carbons (Fsp3) is 0.692. The summed E-state index contributed by atoms with van der Waals surface area (Å²) in [4.78, 5) is 3.92. The van der Waals surface area contributed by atoms with E-state index in [1.807, 2.05) is 11.3 Å². The molecule has 2 unspecified atom stereocenters. The molecule has 0 spiro atoms. The topological polar surface area (TPSA) is 15.3 Å². The van der Waals surface area contributed by atoms with E-state index in [2.05, 4.69) is 54.3 Å². The molecule has 1 aliphatic rings. The minimum absolute atomic E-state index is 0.489. The Hall–Kier alpha value is -0.0300. The first-order valence-electron chi connectivity index (χ1n) is 6.28. The predicted octanol–water partition coefficient (Wildman–Crippen LogP) is 2.75. The molecule has 4 heteroatoms. The molecule has 0 bridgehead atoms. The molecular formula is C13H22N2S2. The van der Waals surface area contributed by atoms with Gasteiger partial charge in [0.1, 0.15) is 0 Å². The van der Waals surface area contributed by atoms with Crippen molar-refractivity contribution in [3.05, 3.63) is 21.9 Å². The van der Waals surface area contributed by atoms with E-state index in [-0.39, 0.29) is 0 Å². The molecule has 0 aliphatic carbocycles. The Balaban J connectivity index is 2.15. The van der Waals surface area contributed by atoms with E-state index in [0.29, 0.717) is 12.1 Å². The molecule has 2 nitrogen and oxygen atoms in total. The average molecular weight is 270 g/mol. The predicted molar refractivity (Wildman–Crippen MR) is 79.2 cm³/mol. The Morgan fingerprint density at radius 3 is 3.00 bits per heavy atom. The SMILES string of the molecule is CCNC(c1csc(C)c1)C1CSCCN1C. The summed E-state index contributed by atoms with van der Waals surface area (Å²) in [6.07, 6.45) is 0. The molecule has 1 fully saturated rings. The lowest BCUT2D eigenvalue weighted by Crippen LogP contribution is -2.47. The second kappa shape index (κ2) is 6.23. The first kappa shape index (κ1) is 13.4. The van der Waals surface area contributed by atoms with Crippen molar-refractivity contribution in [2.45, 2.75) is 25.9 Å². The summed E-state index contributed by atoms with van der Waals surface area (Å²) in [7, 11) is 2.26. The van der Waals surface area contributed by atoms with E-state index in [4.69, 9.17) is 0 Å². The van der Waals surface area contributed by atoms with Crippen molar-refractivity contribution in [2.24, 2.45) is 0 Å². The van der Waals surface area contributed by atoms with Gasteiger partial charge < -0.3 is 5.32 Å². The normalized spacial score (nSPS) is 23.8. The summed E-state index contributed by atoms with van der Waals surface area (Å²) in [6, 6.07) is 3.45. The van der Waals surface area contributed by atoms with E-state index in [1.165, 1.54) is 28.5 Å². The molecule has 2 rings (SSSR count). The van der Waals surface area contributed by atoms with Crippen LogP contribution >= 0.6 is 23.1 Å². The van der Waals surface area contributed by atoms with Crippen LogP contribution in [0.3, 0.4) is 0 Å². The molecule has 1 aromatic rings. The Morgan fingerprint density at radius 2 is 2.41 bits per heavy atom. The summed E-state index contributed by atoms with van der Waals surface area (Å²) in [5, 5.41) is 5.98. The van der Waals surface area contributed by atoms with Gasteiger partial charge in [-0.1, -0.05) is 6.92 Å². The molecule has 0 radical (unpaired) electrons. The van der Waals surface area contributed by atoms with Crippen LogP contribution in [0.15, 0.2) is 11.4 Å². The molecule has 96 valence electrons. The number of nitrogens with one attached hydrogen (secondary N) is 1. The zero-order valence-electron chi connectivity index (χ0n) is 10.9. The highest BCUT2D eigenvalue weighted by Gasteiger charge is 2.28. The quantitative estimate of drug-likeness (QED) is 0.906. The van der Waals surface area contributed by atoms with Gasteiger partial charge in [-0.25, -0.2) is 0 Å². The molecule has 0 amide bonds. The summed E-state index contributed by atoms with van der Waals surface area (Å²) in [5.41, 5.74) is 1.47. The van der Waals surface area contributed by atoms with Gasteiger partial charge in [0, 0.05) is 35.0 Å². The van der Waals surface area contributed by atoms with Crippen LogP contribution in [0, 0.1) is 6.92 Å². The van der Waals surface area contributed by atoms with Crippen molar-refractivity contribution in [1.82, 2.24) is 10.2 Å². The molecule has 1 N–H and O–H groups in total. The molecule has 2 atom stereocenters. The highest BCUT2D eigenvalue weighted by molar-refractivity contribution is 7.99. The maximum Gasteiger partial charge on any atom is 0.0494 e. The van der Waals surface area contributed by atoms with Crippen LogP contribution < -0.4 is 5.32 Å². The van der Waals surface area contributed by atoms with Crippen LogP contribution in [0.1, 0.15) is 23.4 Å². The van der Waals surface area contributed by atoms with Gasteiger partial charge >= 0.3 is 0 Å². The molecular weight excluding hydrogens is 248 g/mol. The fourth-order valence-corrected chi connectivity index (χ4v) is 4.39. The fourth-order valence-electron chi connectivity index (χ4n) is 2.38. The number of hydrogen-bond acceptors (Lipinski definition) is 4. The lowest BCUT2D eigenvalue weighted by atomic mass is 10.0. The van der Waals surface area contributed by atoms with Crippen LogP contribution in [-0.2, 0) is 0 Å². The standard InChI is InChI=1S/C13H22N2S2/c1-4-14-13(11-7-10(2)17-8-11)12-9-16-6-5-15(12)3/h7-8,12-14H,4-6,9H2,1-3H3. The van der Waals surface area contributed by atoms with Gasteiger partial charge in [0.25, 0.3) is 0 Å². The third-order valence-corrected chi connectivity index (χ3v) is 5.29. The summed E-state index contributed by atoms with van der Waals surface area (Å²) in [5.74, 6) is 2.51. The van der Waals surface area contributed by atoms with Crippen molar-refractivity contribution in [3.8, 4) is 0 Å². The van der Waals surface area contributed by atoms with E-state index in [9.17, 15) is 0 Å². The smallest absolute Gasteiger partial charge is 0.0494 e. The molecule has 0 saturated carbocycles. The van der Waals surface area contributed by atoms with Crippen LogP contribution in [0.25, 0.3) is 0 Å². The number of aryl methyl sites for hydroxylation is 1. The highest BCUT2D eigenvalue weighted by Crippen LogP contribution is 2.29. The van der Waals surface area contributed by atoms with Gasteiger partial charge in [0.2, 0.25) is 0 Å². The van der Waals surface area contributed by atoms with Crippen LogP contribution in [-0.4, -0.2) is 42.6 Å². The lowest BCUT2D eigenvalue weighted by molar-refractivity contribution is 0.217. The number of rotatable bonds is 4. The summed E-state index contributed by atoms with van der Waals surface area (Å²) in [6.45, 7) is 6.63. The highest BCUT2D eigenvalue weighted by atomic mass is 32.2. The third kappa shape index (κ3) is 3.25. The monoisotopic (exact) mass is 270 g/mol. The number of thioether (sulfide) groups is 1. The number of nitrogens with zero attached hydrogens (tertiary/aromatic N) is 1. The van der Waals surface area contributed by atoms with E-state index in [1.54, 1.807) is 0 Å². The van der Waals surface area contributed by atoms with Crippen LogP contribution in [0.5, 0.6) is 0 Å². The zero-order valence-corrected chi connectivity index (χ0v) is 12.5. The van der Waals surface area contributed by atoms with Crippen LogP contribution in [0.4, 0.5) is 0 Å².